The zero-order chi connectivity index (χ0) is 19.2. The predicted octanol–water partition coefficient (Wildman–Crippen LogP) is 3.94. The molecule has 2 aromatic rings. The molecule has 0 aliphatic carbocycles. The van der Waals surface area contributed by atoms with Gasteiger partial charge in [0.2, 0.25) is 5.91 Å². The number of ether oxygens (including phenoxy) is 1. The molecule has 0 radical (unpaired) electrons. The Bertz CT molecular complexity index is 794. The Kier molecular flexibility index (Phi) is 6.24. The van der Waals surface area contributed by atoms with Crippen LogP contribution in [-0.4, -0.2) is 32.2 Å². The maximum atomic E-state index is 13.0. The summed E-state index contributed by atoms with van der Waals surface area (Å²) in [5, 5.41) is 2.98. The number of hydrogen-bond donors (Lipinski definition) is 1. The first kappa shape index (κ1) is 19.1. The van der Waals surface area contributed by atoms with Gasteiger partial charge in [-0.3, -0.25) is 4.79 Å². The SMILES string of the molecule is C/C(=C\C(=O)NC(C)c1ccc(N2CCOCC2)cc1)c1ccc(F)cc1. The van der Waals surface area contributed by atoms with Crippen molar-refractivity contribution in [3.63, 3.8) is 0 Å². The minimum absolute atomic E-state index is 0.103. The second-order valence-electron chi connectivity index (χ2n) is 6.76. The van der Waals surface area contributed by atoms with Gasteiger partial charge < -0.3 is 15.0 Å². The van der Waals surface area contributed by atoms with E-state index in [2.05, 4.69) is 22.3 Å². The average molecular weight is 368 g/mol. The second kappa shape index (κ2) is 8.82. The van der Waals surface area contributed by atoms with Gasteiger partial charge in [-0.2, -0.15) is 0 Å². The summed E-state index contributed by atoms with van der Waals surface area (Å²) < 4.78 is 18.4. The highest BCUT2D eigenvalue weighted by Crippen LogP contribution is 2.20. The second-order valence-corrected chi connectivity index (χ2v) is 6.76. The van der Waals surface area contributed by atoms with Crippen molar-refractivity contribution in [3.8, 4) is 0 Å². The van der Waals surface area contributed by atoms with E-state index in [-0.39, 0.29) is 17.8 Å². The predicted molar refractivity (Wildman–Crippen MR) is 106 cm³/mol. The van der Waals surface area contributed by atoms with Crippen LogP contribution in [0.5, 0.6) is 0 Å². The van der Waals surface area contributed by atoms with Crippen LogP contribution in [-0.2, 0) is 9.53 Å². The molecule has 0 bridgehead atoms. The van der Waals surface area contributed by atoms with Gasteiger partial charge in [-0.1, -0.05) is 24.3 Å². The van der Waals surface area contributed by atoms with E-state index >= 15 is 0 Å². The normalized spacial score (nSPS) is 16.1. The third-order valence-corrected chi connectivity index (χ3v) is 4.78. The summed E-state index contributed by atoms with van der Waals surface area (Å²) in [6, 6.07) is 14.3. The van der Waals surface area contributed by atoms with E-state index in [9.17, 15) is 9.18 Å². The fourth-order valence-corrected chi connectivity index (χ4v) is 3.13. The number of morpholine rings is 1. The molecule has 1 aliphatic rings. The number of halogens is 1. The summed E-state index contributed by atoms with van der Waals surface area (Å²) >= 11 is 0. The lowest BCUT2D eigenvalue weighted by atomic mass is 10.1. The third kappa shape index (κ3) is 5.17. The minimum atomic E-state index is -0.287. The Labute approximate surface area is 159 Å². The molecule has 1 saturated heterocycles. The van der Waals surface area contributed by atoms with Crippen LogP contribution in [0.2, 0.25) is 0 Å². The molecule has 2 aromatic carbocycles. The number of carbonyl (C=O) groups excluding carboxylic acids is 1. The van der Waals surface area contributed by atoms with E-state index < -0.39 is 0 Å². The number of carbonyl (C=O) groups is 1. The van der Waals surface area contributed by atoms with E-state index in [1.807, 2.05) is 26.0 Å². The number of rotatable bonds is 5. The van der Waals surface area contributed by atoms with Crippen LogP contribution in [0.25, 0.3) is 5.57 Å². The van der Waals surface area contributed by atoms with Crippen molar-refractivity contribution in [2.24, 2.45) is 0 Å². The van der Waals surface area contributed by atoms with Gasteiger partial charge in [-0.15, -0.1) is 0 Å². The average Bonchev–Trinajstić information content (AvgIpc) is 2.69. The van der Waals surface area contributed by atoms with Crippen LogP contribution in [0, 0.1) is 5.82 Å². The van der Waals surface area contributed by atoms with Gasteiger partial charge >= 0.3 is 0 Å². The Morgan fingerprint density at radius 1 is 1.11 bits per heavy atom. The molecule has 1 aliphatic heterocycles. The van der Waals surface area contributed by atoms with E-state index in [1.165, 1.54) is 17.8 Å². The Morgan fingerprint density at radius 2 is 1.74 bits per heavy atom. The lowest BCUT2D eigenvalue weighted by Gasteiger charge is -2.29. The van der Waals surface area contributed by atoms with E-state index in [0.717, 1.165) is 43.0 Å². The van der Waals surface area contributed by atoms with Gasteiger partial charge in [-0.25, -0.2) is 4.39 Å². The molecule has 27 heavy (non-hydrogen) atoms. The first-order valence-electron chi connectivity index (χ1n) is 9.20. The monoisotopic (exact) mass is 368 g/mol. The number of allylic oxidation sites excluding steroid dienone is 1. The van der Waals surface area contributed by atoms with Crippen molar-refractivity contribution in [2.45, 2.75) is 19.9 Å². The van der Waals surface area contributed by atoms with Crippen LogP contribution in [0.15, 0.2) is 54.6 Å². The summed E-state index contributed by atoms with van der Waals surface area (Å²) in [7, 11) is 0. The molecule has 1 atom stereocenters. The van der Waals surface area contributed by atoms with Crippen LogP contribution in [0.4, 0.5) is 10.1 Å². The summed E-state index contributed by atoms with van der Waals surface area (Å²) in [5.41, 5.74) is 3.84. The Morgan fingerprint density at radius 3 is 2.37 bits per heavy atom. The van der Waals surface area contributed by atoms with Crippen LogP contribution < -0.4 is 10.2 Å². The quantitative estimate of drug-likeness (QED) is 0.813. The highest BCUT2D eigenvalue weighted by molar-refractivity contribution is 5.95. The van der Waals surface area contributed by atoms with Gasteiger partial charge in [0.25, 0.3) is 0 Å². The molecule has 0 aromatic heterocycles. The van der Waals surface area contributed by atoms with Crippen molar-refractivity contribution in [3.05, 3.63) is 71.6 Å². The number of hydrogen-bond acceptors (Lipinski definition) is 3. The molecule has 1 amide bonds. The molecule has 1 N–H and O–H groups in total. The van der Waals surface area contributed by atoms with Crippen molar-refractivity contribution < 1.29 is 13.9 Å². The summed E-state index contributed by atoms with van der Waals surface area (Å²) in [6.45, 7) is 7.12. The largest absolute Gasteiger partial charge is 0.378 e. The molecule has 3 rings (SSSR count). The van der Waals surface area contributed by atoms with E-state index in [0.29, 0.717) is 0 Å². The molecule has 0 saturated carbocycles. The Hall–Kier alpha value is -2.66. The third-order valence-electron chi connectivity index (χ3n) is 4.78. The van der Waals surface area contributed by atoms with Crippen LogP contribution >= 0.6 is 0 Å². The van der Waals surface area contributed by atoms with Gasteiger partial charge in [0.05, 0.1) is 19.3 Å². The van der Waals surface area contributed by atoms with Crippen molar-refractivity contribution in [1.29, 1.82) is 0 Å². The molecule has 0 spiro atoms. The fourth-order valence-electron chi connectivity index (χ4n) is 3.13. The summed E-state index contributed by atoms with van der Waals surface area (Å²) in [6.07, 6.45) is 1.55. The van der Waals surface area contributed by atoms with Crippen molar-refractivity contribution in [2.75, 3.05) is 31.2 Å². The Balaban J connectivity index is 1.60. The fraction of sp³-hybridized carbons (Fsp3) is 0.318. The van der Waals surface area contributed by atoms with E-state index in [1.54, 1.807) is 18.2 Å². The lowest BCUT2D eigenvalue weighted by molar-refractivity contribution is -0.117. The standard InChI is InChI=1S/C22H25FN2O2/c1-16(18-3-7-20(23)8-4-18)15-22(26)24-17(2)19-5-9-21(10-6-19)25-11-13-27-14-12-25/h3-10,15,17H,11-14H2,1-2H3,(H,24,26)/b16-15+. The lowest BCUT2D eigenvalue weighted by Crippen LogP contribution is -2.36. The summed E-state index contributed by atoms with van der Waals surface area (Å²) in [5.74, 6) is -0.452. The number of amides is 1. The van der Waals surface area contributed by atoms with Crippen molar-refractivity contribution in [1.82, 2.24) is 5.32 Å². The number of nitrogens with one attached hydrogen (secondary N) is 1. The van der Waals surface area contributed by atoms with Gasteiger partial charge in [0.1, 0.15) is 5.82 Å². The molecule has 4 nitrogen and oxygen atoms in total. The number of anilines is 1. The maximum absolute atomic E-state index is 13.0. The van der Waals surface area contributed by atoms with Crippen molar-refractivity contribution >= 4 is 17.2 Å². The molecule has 142 valence electrons. The van der Waals surface area contributed by atoms with E-state index in [4.69, 9.17) is 4.74 Å². The number of nitrogens with zero attached hydrogens (tertiary/aromatic N) is 1. The van der Waals surface area contributed by atoms with Crippen LogP contribution in [0.1, 0.15) is 31.0 Å². The van der Waals surface area contributed by atoms with Gasteiger partial charge in [0, 0.05) is 24.9 Å². The molecule has 5 heteroatoms. The summed E-state index contributed by atoms with van der Waals surface area (Å²) in [4.78, 5) is 14.6. The van der Waals surface area contributed by atoms with Gasteiger partial charge in [-0.05, 0) is 54.8 Å². The highest BCUT2D eigenvalue weighted by Gasteiger charge is 2.13. The molecule has 1 unspecified atom stereocenters. The highest BCUT2D eigenvalue weighted by atomic mass is 19.1. The molecular formula is C22H25FN2O2. The van der Waals surface area contributed by atoms with Crippen LogP contribution in [0.3, 0.4) is 0 Å². The number of benzene rings is 2. The first-order chi connectivity index (χ1) is 13.0. The smallest absolute Gasteiger partial charge is 0.244 e. The maximum Gasteiger partial charge on any atom is 0.244 e. The molecule has 1 heterocycles. The zero-order valence-electron chi connectivity index (χ0n) is 15.7. The topological polar surface area (TPSA) is 41.6 Å². The van der Waals surface area contributed by atoms with Gasteiger partial charge in [0.15, 0.2) is 0 Å². The molecular weight excluding hydrogens is 343 g/mol. The minimum Gasteiger partial charge on any atom is -0.378 e. The first-order valence-corrected chi connectivity index (χ1v) is 9.20. The molecule has 1 fully saturated rings. The zero-order valence-corrected chi connectivity index (χ0v) is 15.7.